The fourth-order valence-electron chi connectivity index (χ4n) is 2.31. The van der Waals surface area contributed by atoms with Crippen molar-refractivity contribution in [2.75, 3.05) is 13.1 Å². The highest BCUT2D eigenvalue weighted by Gasteiger charge is 2.06. The van der Waals surface area contributed by atoms with Crippen LogP contribution in [0.5, 0.6) is 0 Å². The minimum absolute atomic E-state index is 0.410. The van der Waals surface area contributed by atoms with E-state index in [1.54, 1.807) is 6.07 Å². The highest BCUT2D eigenvalue weighted by Crippen LogP contribution is 2.21. The van der Waals surface area contributed by atoms with Crippen molar-refractivity contribution >= 4 is 29.2 Å². The summed E-state index contributed by atoms with van der Waals surface area (Å²) < 4.78 is 5.55. The van der Waals surface area contributed by atoms with Crippen LogP contribution in [-0.2, 0) is 13.0 Å². The van der Waals surface area contributed by atoms with Crippen LogP contribution in [0, 0.1) is 13.8 Å². The number of aryl methyl sites for hydroxylation is 3. The van der Waals surface area contributed by atoms with Crippen LogP contribution < -0.4 is 10.6 Å². The molecule has 7 heteroatoms. The number of aromatic nitrogens is 1. The van der Waals surface area contributed by atoms with Gasteiger partial charge in [-0.3, -0.25) is 0 Å². The van der Waals surface area contributed by atoms with Gasteiger partial charge < -0.3 is 15.1 Å². The van der Waals surface area contributed by atoms with Gasteiger partial charge in [0.15, 0.2) is 5.96 Å². The summed E-state index contributed by atoms with van der Waals surface area (Å²) in [6, 6.07) is 5.61. The summed E-state index contributed by atoms with van der Waals surface area (Å²) in [5.74, 6) is 2.21. The Kier molecular flexibility index (Phi) is 7.59. The zero-order chi connectivity index (χ0) is 18.2. The monoisotopic (exact) mass is 382 g/mol. The second-order valence-corrected chi connectivity index (χ2v) is 6.55. The Morgan fingerprint density at radius 3 is 2.68 bits per heavy atom. The molecule has 0 saturated carbocycles. The molecule has 0 fully saturated rings. The first kappa shape index (κ1) is 19.6. The molecule has 0 aliphatic rings. The van der Waals surface area contributed by atoms with Crippen LogP contribution in [0.25, 0.3) is 0 Å². The molecule has 0 spiro atoms. The number of hydrogen-bond acceptors (Lipinski definition) is 3. The van der Waals surface area contributed by atoms with Crippen molar-refractivity contribution < 1.29 is 4.42 Å². The maximum absolute atomic E-state index is 6.19. The normalized spacial score (nSPS) is 11.6. The summed E-state index contributed by atoms with van der Waals surface area (Å²) in [5.41, 5.74) is 2.00. The SMILES string of the molecule is CCNC(=NCc1nc(C)c(C)o1)NCCCc1ccc(Cl)cc1Cl. The van der Waals surface area contributed by atoms with Crippen LogP contribution in [0.2, 0.25) is 10.0 Å². The largest absolute Gasteiger partial charge is 0.444 e. The first-order valence-electron chi connectivity index (χ1n) is 8.38. The summed E-state index contributed by atoms with van der Waals surface area (Å²) >= 11 is 12.1. The van der Waals surface area contributed by atoms with Crippen LogP contribution in [0.15, 0.2) is 27.6 Å². The van der Waals surface area contributed by atoms with Gasteiger partial charge in [-0.15, -0.1) is 0 Å². The molecule has 0 aliphatic carbocycles. The fraction of sp³-hybridized carbons (Fsp3) is 0.444. The number of hydrogen-bond donors (Lipinski definition) is 2. The van der Waals surface area contributed by atoms with Crippen LogP contribution in [-0.4, -0.2) is 24.0 Å². The summed E-state index contributed by atoms with van der Waals surface area (Å²) in [6.07, 6.45) is 1.81. The van der Waals surface area contributed by atoms with Crippen LogP contribution in [0.1, 0.15) is 36.3 Å². The quantitative estimate of drug-likeness (QED) is 0.426. The summed E-state index contributed by atoms with van der Waals surface area (Å²) in [7, 11) is 0. The molecule has 0 saturated heterocycles. The molecule has 0 aliphatic heterocycles. The van der Waals surface area contributed by atoms with E-state index in [9.17, 15) is 0 Å². The molecule has 0 amide bonds. The molecular formula is C18H24Cl2N4O. The predicted octanol–water partition coefficient (Wildman–Crippen LogP) is 4.29. The maximum Gasteiger partial charge on any atom is 0.216 e. The van der Waals surface area contributed by atoms with Gasteiger partial charge in [0, 0.05) is 23.1 Å². The second kappa shape index (κ2) is 9.68. The minimum atomic E-state index is 0.410. The van der Waals surface area contributed by atoms with E-state index in [4.69, 9.17) is 27.6 Å². The molecule has 0 radical (unpaired) electrons. The molecule has 1 aromatic carbocycles. The highest BCUT2D eigenvalue weighted by atomic mass is 35.5. The first-order valence-corrected chi connectivity index (χ1v) is 9.14. The van der Waals surface area contributed by atoms with Crippen molar-refractivity contribution in [1.82, 2.24) is 15.6 Å². The third-order valence-corrected chi connectivity index (χ3v) is 4.31. The van der Waals surface area contributed by atoms with E-state index in [1.165, 1.54) is 0 Å². The summed E-state index contributed by atoms with van der Waals surface area (Å²) in [5, 5.41) is 7.90. The third-order valence-electron chi connectivity index (χ3n) is 3.72. The number of nitrogens with one attached hydrogen (secondary N) is 2. The number of nitrogens with zero attached hydrogens (tertiary/aromatic N) is 2. The minimum Gasteiger partial charge on any atom is -0.444 e. The van der Waals surface area contributed by atoms with Crippen molar-refractivity contribution in [1.29, 1.82) is 0 Å². The van der Waals surface area contributed by atoms with E-state index in [0.717, 1.165) is 48.9 Å². The molecule has 0 bridgehead atoms. The Morgan fingerprint density at radius 2 is 2.04 bits per heavy atom. The molecule has 5 nitrogen and oxygen atoms in total. The van der Waals surface area contributed by atoms with Gasteiger partial charge in [0.1, 0.15) is 12.3 Å². The van der Waals surface area contributed by atoms with E-state index in [1.807, 2.05) is 32.9 Å². The van der Waals surface area contributed by atoms with E-state index in [0.29, 0.717) is 22.5 Å². The maximum atomic E-state index is 6.19. The van der Waals surface area contributed by atoms with Crippen LogP contribution in [0.4, 0.5) is 0 Å². The Morgan fingerprint density at radius 1 is 1.24 bits per heavy atom. The topological polar surface area (TPSA) is 62.5 Å². The van der Waals surface area contributed by atoms with E-state index >= 15 is 0 Å². The number of oxazole rings is 1. The molecule has 1 heterocycles. The highest BCUT2D eigenvalue weighted by molar-refractivity contribution is 6.35. The zero-order valence-electron chi connectivity index (χ0n) is 14.8. The molecule has 25 heavy (non-hydrogen) atoms. The molecule has 2 rings (SSSR count). The average molecular weight is 383 g/mol. The molecule has 2 N–H and O–H groups in total. The lowest BCUT2D eigenvalue weighted by Gasteiger charge is -2.11. The number of halogens is 2. The molecule has 1 aromatic heterocycles. The van der Waals surface area contributed by atoms with Crippen molar-refractivity contribution in [2.24, 2.45) is 4.99 Å². The number of aliphatic imine (C=N–C) groups is 1. The molecule has 136 valence electrons. The van der Waals surface area contributed by atoms with Crippen LogP contribution in [0.3, 0.4) is 0 Å². The smallest absolute Gasteiger partial charge is 0.216 e. The van der Waals surface area contributed by atoms with Gasteiger partial charge in [0.05, 0.1) is 5.69 Å². The van der Waals surface area contributed by atoms with E-state index < -0.39 is 0 Å². The number of benzene rings is 1. The fourth-order valence-corrected chi connectivity index (χ4v) is 2.81. The first-order chi connectivity index (χ1) is 12.0. The van der Waals surface area contributed by atoms with Crippen molar-refractivity contribution in [3.8, 4) is 0 Å². The third kappa shape index (κ3) is 6.25. The lowest BCUT2D eigenvalue weighted by molar-refractivity contribution is 0.473. The predicted molar refractivity (Wildman–Crippen MR) is 104 cm³/mol. The molecule has 0 unspecified atom stereocenters. The molecule has 2 aromatic rings. The van der Waals surface area contributed by atoms with E-state index in [2.05, 4.69) is 20.6 Å². The standard InChI is InChI=1S/C18H24Cl2N4O/c1-4-21-18(23-11-17-24-12(2)13(3)25-17)22-9-5-6-14-7-8-15(19)10-16(14)20/h7-8,10H,4-6,9,11H2,1-3H3,(H2,21,22,23). The van der Waals surface area contributed by atoms with Gasteiger partial charge >= 0.3 is 0 Å². The van der Waals surface area contributed by atoms with Gasteiger partial charge in [0.2, 0.25) is 5.89 Å². The van der Waals surface area contributed by atoms with Gasteiger partial charge in [-0.05, 0) is 51.3 Å². The van der Waals surface area contributed by atoms with Crippen molar-refractivity contribution in [3.63, 3.8) is 0 Å². The lowest BCUT2D eigenvalue weighted by Crippen LogP contribution is -2.37. The number of rotatable bonds is 7. The van der Waals surface area contributed by atoms with Gasteiger partial charge in [0.25, 0.3) is 0 Å². The molecular weight excluding hydrogens is 359 g/mol. The lowest BCUT2D eigenvalue weighted by atomic mass is 10.1. The molecule has 0 atom stereocenters. The van der Waals surface area contributed by atoms with Gasteiger partial charge in [-0.1, -0.05) is 29.3 Å². The van der Waals surface area contributed by atoms with Gasteiger partial charge in [-0.25, -0.2) is 9.98 Å². The summed E-state index contributed by atoms with van der Waals surface area (Å²) in [6.45, 7) is 7.85. The van der Waals surface area contributed by atoms with E-state index in [-0.39, 0.29) is 0 Å². The zero-order valence-corrected chi connectivity index (χ0v) is 16.3. The Balaban J connectivity index is 1.83. The van der Waals surface area contributed by atoms with Gasteiger partial charge in [-0.2, -0.15) is 0 Å². The van der Waals surface area contributed by atoms with Crippen molar-refractivity contribution in [3.05, 3.63) is 51.2 Å². The van der Waals surface area contributed by atoms with Crippen LogP contribution >= 0.6 is 23.2 Å². The van der Waals surface area contributed by atoms with Crippen molar-refractivity contribution in [2.45, 2.75) is 40.2 Å². The Labute approximate surface area is 158 Å². The summed E-state index contributed by atoms with van der Waals surface area (Å²) in [4.78, 5) is 8.85. The Bertz CT molecular complexity index is 708. The second-order valence-electron chi connectivity index (χ2n) is 5.71. The average Bonchev–Trinajstić information content (AvgIpc) is 2.89. The number of guanidine groups is 1. The Hall–Kier alpha value is -1.72.